The molecule has 19 heavy (non-hydrogen) atoms. The summed E-state index contributed by atoms with van der Waals surface area (Å²) in [5.74, 6) is -0.296. The van der Waals surface area contributed by atoms with Crippen LogP contribution in [-0.4, -0.2) is 35.7 Å². The van der Waals surface area contributed by atoms with Crippen LogP contribution in [0.2, 0.25) is 0 Å². The Morgan fingerprint density at radius 2 is 2.11 bits per heavy atom. The van der Waals surface area contributed by atoms with Gasteiger partial charge in [0.15, 0.2) is 0 Å². The van der Waals surface area contributed by atoms with Gasteiger partial charge in [-0.2, -0.15) is 0 Å². The molecular weight excluding hydrogens is 242 g/mol. The van der Waals surface area contributed by atoms with E-state index in [0.717, 1.165) is 38.4 Å². The lowest BCUT2D eigenvalue weighted by Crippen LogP contribution is -2.22. The van der Waals surface area contributed by atoms with E-state index in [1.54, 1.807) is 12.1 Å². The number of benzene rings is 1. The lowest BCUT2D eigenvalue weighted by atomic mass is 10.1. The lowest BCUT2D eigenvalue weighted by Gasteiger charge is -2.15. The van der Waals surface area contributed by atoms with Crippen LogP contribution in [0.25, 0.3) is 0 Å². The number of hydrogen-bond acceptors (Lipinski definition) is 3. The van der Waals surface area contributed by atoms with E-state index >= 15 is 0 Å². The third-order valence-corrected chi connectivity index (χ3v) is 3.24. The number of rotatable bonds is 6. The summed E-state index contributed by atoms with van der Waals surface area (Å²) in [6.45, 7) is 8.41. The standard InChI is InChI=1S/C15H21NO3/c1-11(2)10-19-6-5-16-8-13-4-3-12(15(17)18)7-14(13)9-16/h3-4,7,11H,5-6,8-10H2,1-2H3,(H,17,18). The van der Waals surface area contributed by atoms with E-state index in [1.165, 1.54) is 5.56 Å². The number of carboxylic acid groups (broad SMARTS) is 1. The quantitative estimate of drug-likeness (QED) is 0.801. The Hall–Kier alpha value is -1.39. The van der Waals surface area contributed by atoms with Crippen LogP contribution in [0, 0.1) is 5.92 Å². The van der Waals surface area contributed by atoms with Crippen LogP contribution in [0.5, 0.6) is 0 Å². The van der Waals surface area contributed by atoms with Gasteiger partial charge in [0.2, 0.25) is 0 Å². The Balaban J connectivity index is 1.84. The average Bonchev–Trinajstić information content (AvgIpc) is 2.75. The third kappa shape index (κ3) is 3.78. The average molecular weight is 263 g/mol. The molecule has 0 spiro atoms. The van der Waals surface area contributed by atoms with Crippen LogP contribution in [-0.2, 0) is 17.8 Å². The Bertz CT molecular complexity index is 457. The number of aromatic carboxylic acids is 1. The highest BCUT2D eigenvalue weighted by molar-refractivity contribution is 5.87. The molecule has 1 aliphatic heterocycles. The molecule has 0 atom stereocenters. The van der Waals surface area contributed by atoms with E-state index in [-0.39, 0.29) is 0 Å². The van der Waals surface area contributed by atoms with Gasteiger partial charge in [-0.1, -0.05) is 19.9 Å². The molecule has 1 aromatic carbocycles. The number of ether oxygens (including phenoxy) is 1. The van der Waals surface area contributed by atoms with Gasteiger partial charge in [-0.3, -0.25) is 4.90 Å². The Morgan fingerprint density at radius 3 is 2.79 bits per heavy atom. The SMILES string of the molecule is CC(C)COCCN1Cc2ccc(C(=O)O)cc2C1. The molecule has 0 unspecified atom stereocenters. The summed E-state index contributed by atoms with van der Waals surface area (Å²) in [5.41, 5.74) is 2.73. The molecule has 2 rings (SSSR count). The van der Waals surface area contributed by atoms with Gasteiger partial charge in [-0.15, -0.1) is 0 Å². The second kappa shape index (κ2) is 6.17. The molecule has 0 bridgehead atoms. The van der Waals surface area contributed by atoms with E-state index < -0.39 is 5.97 Å². The summed E-state index contributed by atoms with van der Waals surface area (Å²) in [7, 11) is 0. The molecular formula is C15H21NO3. The maximum atomic E-state index is 10.9. The number of nitrogens with zero attached hydrogens (tertiary/aromatic N) is 1. The molecule has 1 aliphatic rings. The zero-order chi connectivity index (χ0) is 13.8. The van der Waals surface area contributed by atoms with E-state index in [4.69, 9.17) is 9.84 Å². The zero-order valence-corrected chi connectivity index (χ0v) is 11.6. The van der Waals surface area contributed by atoms with Crippen molar-refractivity contribution in [3.05, 3.63) is 34.9 Å². The molecule has 4 nitrogen and oxygen atoms in total. The summed E-state index contributed by atoms with van der Waals surface area (Å²) in [6.07, 6.45) is 0. The molecule has 0 aromatic heterocycles. The van der Waals surface area contributed by atoms with Crippen molar-refractivity contribution in [3.8, 4) is 0 Å². The maximum absolute atomic E-state index is 10.9. The molecule has 0 amide bonds. The molecule has 0 saturated carbocycles. The van der Waals surface area contributed by atoms with Crippen molar-refractivity contribution in [3.63, 3.8) is 0 Å². The van der Waals surface area contributed by atoms with Gasteiger partial charge >= 0.3 is 5.97 Å². The van der Waals surface area contributed by atoms with Gasteiger partial charge in [-0.25, -0.2) is 4.79 Å². The second-order valence-electron chi connectivity index (χ2n) is 5.47. The van der Waals surface area contributed by atoms with Crippen LogP contribution < -0.4 is 0 Å². The minimum absolute atomic E-state index is 0.372. The number of carboxylic acids is 1. The summed E-state index contributed by atoms with van der Waals surface area (Å²) < 4.78 is 5.58. The monoisotopic (exact) mass is 263 g/mol. The van der Waals surface area contributed by atoms with Crippen molar-refractivity contribution in [2.24, 2.45) is 5.92 Å². The summed E-state index contributed by atoms with van der Waals surface area (Å²) in [5, 5.41) is 8.97. The van der Waals surface area contributed by atoms with Crippen LogP contribution >= 0.6 is 0 Å². The summed E-state index contributed by atoms with van der Waals surface area (Å²) in [4.78, 5) is 13.2. The van der Waals surface area contributed by atoms with E-state index in [1.807, 2.05) is 6.07 Å². The van der Waals surface area contributed by atoms with Gasteiger partial charge in [0, 0.05) is 26.2 Å². The predicted molar refractivity (Wildman–Crippen MR) is 73.2 cm³/mol. The van der Waals surface area contributed by atoms with Crippen LogP contribution in [0.15, 0.2) is 18.2 Å². The van der Waals surface area contributed by atoms with E-state index in [2.05, 4.69) is 18.7 Å². The van der Waals surface area contributed by atoms with Crippen LogP contribution in [0.1, 0.15) is 35.3 Å². The highest BCUT2D eigenvalue weighted by Crippen LogP contribution is 2.23. The Labute approximate surface area is 114 Å². The smallest absolute Gasteiger partial charge is 0.335 e. The molecule has 0 aliphatic carbocycles. The van der Waals surface area contributed by atoms with Crippen LogP contribution in [0.4, 0.5) is 0 Å². The fourth-order valence-corrected chi connectivity index (χ4v) is 2.27. The molecule has 1 N–H and O–H groups in total. The normalized spacial score (nSPS) is 14.9. The second-order valence-corrected chi connectivity index (χ2v) is 5.47. The lowest BCUT2D eigenvalue weighted by molar-refractivity contribution is 0.0696. The van der Waals surface area contributed by atoms with Crippen LogP contribution in [0.3, 0.4) is 0 Å². The molecule has 1 aromatic rings. The fraction of sp³-hybridized carbons (Fsp3) is 0.533. The molecule has 4 heteroatoms. The number of fused-ring (bicyclic) bond motifs is 1. The fourth-order valence-electron chi connectivity index (χ4n) is 2.27. The first-order valence-corrected chi connectivity index (χ1v) is 6.71. The van der Waals surface area contributed by atoms with Gasteiger partial charge < -0.3 is 9.84 Å². The van der Waals surface area contributed by atoms with Crippen molar-refractivity contribution < 1.29 is 14.6 Å². The third-order valence-electron chi connectivity index (χ3n) is 3.24. The van der Waals surface area contributed by atoms with Crippen molar-refractivity contribution >= 4 is 5.97 Å². The van der Waals surface area contributed by atoms with Gasteiger partial charge in [-0.05, 0) is 29.2 Å². The first kappa shape index (κ1) is 14.0. The molecule has 0 saturated heterocycles. The van der Waals surface area contributed by atoms with E-state index in [9.17, 15) is 4.79 Å². The molecule has 1 heterocycles. The Kier molecular flexibility index (Phi) is 4.56. The minimum atomic E-state index is -0.860. The van der Waals surface area contributed by atoms with Crippen molar-refractivity contribution in [1.29, 1.82) is 0 Å². The maximum Gasteiger partial charge on any atom is 0.335 e. The molecule has 0 radical (unpaired) electrons. The number of hydrogen-bond donors (Lipinski definition) is 1. The van der Waals surface area contributed by atoms with Crippen molar-refractivity contribution in [2.45, 2.75) is 26.9 Å². The largest absolute Gasteiger partial charge is 0.478 e. The highest BCUT2D eigenvalue weighted by atomic mass is 16.5. The molecule has 0 fully saturated rings. The van der Waals surface area contributed by atoms with Crippen molar-refractivity contribution in [2.75, 3.05) is 19.8 Å². The predicted octanol–water partition coefficient (Wildman–Crippen LogP) is 2.37. The van der Waals surface area contributed by atoms with Gasteiger partial charge in [0.1, 0.15) is 0 Å². The highest BCUT2D eigenvalue weighted by Gasteiger charge is 2.19. The van der Waals surface area contributed by atoms with Crippen molar-refractivity contribution in [1.82, 2.24) is 4.90 Å². The summed E-state index contributed by atoms with van der Waals surface area (Å²) >= 11 is 0. The molecule has 104 valence electrons. The minimum Gasteiger partial charge on any atom is -0.478 e. The van der Waals surface area contributed by atoms with Gasteiger partial charge in [0.25, 0.3) is 0 Å². The van der Waals surface area contributed by atoms with Gasteiger partial charge in [0.05, 0.1) is 12.2 Å². The first-order chi connectivity index (χ1) is 9.06. The topological polar surface area (TPSA) is 49.8 Å². The number of carbonyl (C=O) groups is 1. The van der Waals surface area contributed by atoms with E-state index in [0.29, 0.717) is 11.5 Å². The zero-order valence-electron chi connectivity index (χ0n) is 11.6. The summed E-state index contributed by atoms with van der Waals surface area (Å²) in [6, 6.07) is 5.39. The first-order valence-electron chi connectivity index (χ1n) is 6.71. The Morgan fingerprint density at radius 1 is 1.37 bits per heavy atom.